The van der Waals surface area contributed by atoms with Gasteiger partial charge in [-0.2, -0.15) is 0 Å². The molecule has 7 heteroatoms. The van der Waals surface area contributed by atoms with E-state index in [-0.39, 0.29) is 11.9 Å². The van der Waals surface area contributed by atoms with Crippen LogP contribution in [0, 0.1) is 6.92 Å². The Bertz CT molecular complexity index is 632. The monoisotopic (exact) mass is 334 g/mol. The molecule has 1 atom stereocenters. The SMILES string of the molecule is Cc1cc(C(=O)NC[C@H](c2cccs2)N2CCN(C)CC2)no1. The van der Waals surface area contributed by atoms with Gasteiger partial charge in [-0.1, -0.05) is 11.2 Å². The van der Waals surface area contributed by atoms with Gasteiger partial charge in [0.15, 0.2) is 5.69 Å². The van der Waals surface area contributed by atoms with Gasteiger partial charge in [0.25, 0.3) is 5.91 Å². The molecule has 1 saturated heterocycles. The molecule has 0 unspecified atom stereocenters. The molecule has 0 aliphatic carbocycles. The predicted molar refractivity (Wildman–Crippen MR) is 89.7 cm³/mol. The van der Waals surface area contributed by atoms with Crippen molar-refractivity contribution < 1.29 is 9.32 Å². The fourth-order valence-electron chi connectivity index (χ4n) is 2.78. The number of nitrogens with zero attached hydrogens (tertiary/aromatic N) is 3. The van der Waals surface area contributed by atoms with Crippen molar-refractivity contribution in [3.05, 3.63) is 39.9 Å². The van der Waals surface area contributed by atoms with Crippen LogP contribution in [0.25, 0.3) is 0 Å². The molecule has 0 saturated carbocycles. The minimum Gasteiger partial charge on any atom is -0.361 e. The molecule has 6 nitrogen and oxygen atoms in total. The molecule has 0 radical (unpaired) electrons. The molecule has 0 aromatic carbocycles. The first-order chi connectivity index (χ1) is 11.1. The number of carbonyl (C=O) groups excluding carboxylic acids is 1. The van der Waals surface area contributed by atoms with Gasteiger partial charge in [0.1, 0.15) is 5.76 Å². The number of nitrogens with one attached hydrogen (secondary N) is 1. The van der Waals surface area contributed by atoms with Gasteiger partial charge in [0.2, 0.25) is 0 Å². The summed E-state index contributed by atoms with van der Waals surface area (Å²) in [6.07, 6.45) is 0. The van der Waals surface area contributed by atoms with Crippen molar-refractivity contribution >= 4 is 17.2 Å². The third kappa shape index (κ3) is 3.99. The van der Waals surface area contributed by atoms with Crippen molar-refractivity contribution in [2.45, 2.75) is 13.0 Å². The molecule has 1 aliphatic heterocycles. The van der Waals surface area contributed by atoms with Crippen molar-refractivity contribution in [1.82, 2.24) is 20.3 Å². The number of aryl methyl sites for hydroxylation is 1. The zero-order valence-corrected chi connectivity index (χ0v) is 14.3. The van der Waals surface area contributed by atoms with Crippen molar-refractivity contribution in [2.24, 2.45) is 0 Å². The van der Waals surface area contributed by atoms with Crippen LogP contribution in [0.1, 0.15) is 27.2 Å². The minimum absolute atomic E-state index is 0.183. The summed E-state index contributed by atoms with van der Waals surface area (Å²) in [6, 6.07) is 6.07. The number of thiophene rings is 1. The van der Waals surface area contributed by atoms with Crippen molar-refractivity contribution in [3.8, 4) is 0 Å². The Labute approximate surface area is 140 Å². The lowest BCUT2D eigenvalue weighted by molar-refractivity contribution is 0.0882. The van der Waals surface area contributed by atoms with Crippen LogP contribution >= 0.6 is 11.3 Å². The lowest BCUT2D eigenvalue weighted by atomic mass is 10.1. The number of aromatic nitrogens is 1. The van der Waals surface area contributed by atoms with Gasteiger partial charge in [0.05, 0.1) is 6.04 Å². The fourth-order valence-corrected chi connectivity index (χ4v) is 3.64. The van der Waals surface area contributed by atoms with Crippen LogP contribution in [0.2, 0.25) is 0 Å². The molecule has 3 heterocycles. The van der Waals surface area contributed by atoms with E-state index in [2.05, 4.69) is 44.8 Å². The van der Waals surface area contributed by atoms with E-state index in [1.165, 1.54) is 4.88 Å². The summed E-state index contributed by atoms with van der Waals surface area (Å²) in [6.45, 7) is 6.49. The number of hydrogen-bond donors (Lipinski definition) is 1. The molecule has 0 bridgehead atoms. The van der Waals surface area contributed by atoms with Gasteiger partial charge >= 0.3 is 0 Å². The highest BCUT2D eigenvalue weighted by molar-refractivity contribution is 7.10. The number of amides is 1. The maximum Gasteiger partial charge on any atom is 0.273 e. The molecule has 23 heavy (non-hydrogen) atoms. The summed E-state index contributed by atoms with van der Waals surface area (Å²) in [5.74, 6) is 0.460. The second kappa shape index (κ2) is 7.25. The molecular weight excluding hydrogens is 312 g/mol. The third-order valence-corrected chi connectivity index (χ3v) is 5.14. The van der Waals surface area contributed by atoms with Crippen LogP contribution < -0.4 is 5.32 Å². The Morgan fingerprint density at radius 3 is 2.83 bits per heavy atom. The maximum atomic E-state index is 12.2. The van der Waals surface area contributed by atoms with Crippen molar-refractivity contribution in [2.75, 3.05) is 39.8 Å². The minimum atomic E-state index is -0.183. The summed E-state index contributed by atoms with van der Waals surface area (Å²) >= 11 is 1.74. The van der Waals surface area contributed by atoms with Crippen LogP contribution in [0.15, 0.2) is 28.1 Å². The number of hydrogen-bond acceptors (Lipinski definition) is 6. The lowest BCUT2D eigenvalue weighted by Crippen LogP contribution is -2.48. The molecule has 1 N–H and O–H groups in total. The largest absolute Gasteiger partial charge is 0.361 e. The summed E-state index contributed by atoms with van der Waals surface area (Å²) < 4.78 is 4.97. The quantitative estimate of drug-likeness (QED) is 0.903. The first-order valence-electron chi connectivity index (χ1n) is 7.81. The molecule has 0 spiro atoms. The second-order valence-electron chi connectivity index (χ2n) is 5.90. The van der Waals surface area contributed by atoms with E-state index in [0.717, 1.165) is 26.2 Å². The van der Waals surface area contributed by atoms with Crippen molar-refractivity contribution in [3.63, 3.8) is 0 Å². The molecule has 1 amide bonds. The summed E-state index contributed by atoms with van der Waals surface area (Å²) in [4.78, 5) is 18.3. The number of piperazine rings is 1. The van der Waals surface area contributed by atoms with E-state index in [4.69, 9.17) is 4.52 Å². The van der Waals surface area contributed by atoms with Crippen LogP contribution in [0.4, 0.5) is 0 Å². The number of carbonyl (C=O) groups is 1. The summed E-state index contributed by atoms with van der Waals surface area (Å²) in [7, 11) is 2.15. The van der Waals surface area contributed by atoms with E-state index in [0.29, 0.717) is 18.0 Å². The van der Waals surface area contributed by atoms with Crippen molar-refractivity contribution in [1.29, 1.82) is 0 Å². The van der Waals surface area contributed by atoms with Gasteiger partial charge in [-0.05, 0) is 25.4 Å². The fraction of sp³-hybridized carbons (Fsp3) is 0.500. The Balaban J connectivity index is 1.66. The summed E-state index contributed by atoms with van der Waals surface area (Å²) in [5.41, 5.74) is 0.339. The average molecular weight is 334 g/mol. The highest BCUT2D eigenvalue weighted by atomic mass is 32.1. The summed E-state index contributed by atoms with van der Waals surface area (Å²) in [5, 5.41) is 8.86. The number of likely N-dealkylation sites (N-methyl/N-ethyl adjacent to an activating group) is 1. The highest BCUT2D eigenvalue weighted by Crippen LogP contribution is 2.25. The highest BCUT2D eigenvalue weighted by Gasteiger charge is 2.25. The van der Waals surface area contributed by atoms with E-state index < -0.39 is 0 Å². The zero-order valence-electron chi connectivity index (χ0n) is 13.5. The van der Waals surface area contributed by atoms with Gasteiger partial charge < -0.3 is 14.7 Å². The van der Waals surface area contributed by atoms with Gasteiger partial charge in [-0.3, -0.25) is 9.69 Å². The molecule has 2 aromatic rings. The van der Waals surface area contributed by atoms with E-state index in [1.807, 2.05) is 0 Å². The van der Waals surface area contributed by atoms with E-state index in [1.54, 1.807) is 24.3 Å². The van der Waals surface area contributed by atoms with Gasteiger partial charge in [0, 0.05) is 43.7 Å². The zero-order chi connectivity index (χ0) is 16.2. The van der Waals surface area contributed by atoms with Crippen LogP contribution in [0.5, 0.6) is 0 Å². The third-order valence-electron chi connectivity index (χ3n) is 4.17. The van der Waals surface area contributed by atoms with Crippen LogP contribution in [-0.2, 0) is 0 Å². The second-order valence-corrected chi connectivity index (χ2v) is 6.88. The topological polar surface area (TPSA) is 61.6 Å². The molecule has 1 fully saturated rings. The Morgan fingerprint density at radius 1 is 1.43 bits per heavy atom. The smallest absolute Gasteiger partial charge is 0.273 e. The normalized spacial score (nSPS) is 18.0. The molecular formula is C16H22N4O2S. The Hall–Kier alpha value is -1.70. The van der Waals surface area contributed by atoms with E-state index in [9.17, 15) is 4.79 Å². The Morgan fingerprint density at radius 2 is 2.22 bits per heavy atom. The predicted octanol–water partition coefficient (Wildman–Crippen LogP) is 1.76. The first-order valence-corrected chi connectivity index (χ1v) is 8.69. The molecule has 124 valence electrons. The van der Waals surface area contributed by atoms with Crippen LogP contribution in [-0.4, -0.2) is 60.6 Å². The molecule has 1 aliphatic rings. The van der Waals surface area contributed by atoms with Gasteiger partial charge in [-0.25, -0.2) is 0 Å². The van der Waals surface area contributed by atoms with E-state index >= 15 is 0 Å². The average Bonchev–Trinajstić information content (AvgIpc) is 3.21. The maximum absolute atomic E-state index is 12.2. The first kappa shape index (κ1) is 16.2. The molecule has 2 aromatic heterocycles. The Kier molecular flexibility index (Phi) is 5.09. The van der Waals surface area contributed by atoms with Gasteiger partial charge in [-0.15, -0.1) is 11.3 Å². The molecule has 3 rings (SSSR count). The number of rotatable bonds is 5. The lowest BCUT2D eigenvalue weighted by Gasteiger charge is -2.37. The van der Waals surface area contributed by atoms with Crippen LogP contribution in [0.3, 0.4) is 0 Å². The standard InChI is InChI=1S/C16H22N4O2S/c1-12-10-13(18-22-12)16(21)17-11-14(15-4-3-9-23-15)20-7-5-19(2)6-8-20/h3-4,9-10,14H,5-8,11H2,1-2H3,(H,17,21)/t14-/m1/s1.